The molecule has 0 bridgehead atoms. The average Bonchev–Trinajstić information content (AvgIpc) is 3.41. The van der Waals surface area contributed by atoms with Crippen LogP contribution in [0, 0.1) is 0 Å². The number of halogens is 3. The first-order valence-corrected chi connectivity index (χ1v) is 15.9. The molecule has 0 aromatic heterocycles. The van der Waals surface area contributed by atoms with Gasteiger partial charge in [0.15, 0.2) is 0 Å². The monoisotopic (exact) mass is 672 g/mol. The SMILES string of the molecule is COc1cccc(OC)c1C1CCCCC(=O)N1.COc1cccc(OC)c1C1CCCCC(=O)N1Cc1ccc(OC(F)(F)F)cc1. The van der Waals surface area contributed by atoms with Crippen molar-refractivity contribution in [1.82, 2.24) is 10.2 Å². The lowest BCUT2D eigenvalue weighted by molar-refractivity contribution is -0.274. The van der Waals surface area contributed by atoms with Gasteiger partial charge in [-0.3, -0.25) is 9.59 Å². The zero-order valence-corrected chi connectivity index (χ0v) is 27.7. The molecule has 48 heavy (non-hydrogen) atoms. The van der Waals surface area contributed by atoms with Crippen molar-refractivity contribution < 1.29 is 46.4 Å². The molecule has 2 aliphatic rings. The number of ether oxygens (including phenoxy) is 5. The van der Waals surface area contributed by atoms with Crippen LogP contribution in [-0.4, -0.2) is 51.5 Å². The number of likely N-dealkylation sites (tertiary alicyclic amines) is 1. The summed E-state index contributed by atoms with van der Waals surface area (Å²) < 4.78 is 63.0. The number of rotatable bonds is 9. The van der Waals surface area contributed by atoms with Gasteiger partial charge in [-0.15, -0.1) is 13.2 Å². The molecule has 2 unspecified atom stereocenters. The summed E-state index contributed by atoms with van der Waals surface area (Å²) in [6, 6.07) is 16.5. The van der Waals surface area contributed by atoms with Gasteiger partial charge in [0.2, 0.25) is 11.8 Å². The number of hydrogen-bond acceptors (Lipinski definition) is 7. The standard InChI is InChI=1S/C22H24F3NO4.C14H19NO3/c1-28-18-7-5-8-19(29-2)21(18)17-6-3-4-9-20(27)26(17)14-15-10-12-16(13-11-15)30-22(23,24)25;1-17-11-7-5-8-12(18-2)14(11)10-6-3-4-9-13(16)15-10/h5,7-8,10-13,17H,3-4,6,9,14H2,1-2H3;5,7-8,10H,3-4,6,9H2,1-2H3,(H,15,16). The lowest BCUT2D eigenvalue weighted by Gasteiger charge is -2.32. The molecule has 2 fully saturated rings. The fraction of sp³-hybridized carbons (Fsp3) is 0.444. The van der Waals surface area contributed by atoms with E-state index in [1.807, 2.05) is 36.4 Å². The van der Waals surface area contributed by atoms with Crippen LogP contribution in [0.1, 0.15) is 80.1 Å². The van der Waals surface area contributed by atoms with Crippen molar-refractivity contribution in [2.24, 2.45) is 0 Å². The molecular formula is C36H43F3N2O7. The van der Waals surface area contributed by atoms with Crippen LogP contribution >= 0.6 is 0 Å². The van der Waals surface area contributed by atoms with Crippen LogP contribution in [0.5, 0.6) is 28.7 Å². The molecule has 0 spiro atoms. The van der Waals surface area contributed by atoms with Gasteiger partial charge in [-0.05, 0) is 67.6 Å². The summed E-state index contributed by atoms with van der Waals surface area (Å²) in [4.78, 5) is 26.4. The van der Waals surface area contributed by atoms with E-state index in [0.717, 1.165) is 61.2 Å². The first-order valence-electron chi connectivity index (χ1n) is 15.9. The van der Waals surface area contributed by atoms with Crippen LogP contribution in [0.25, 0.3) is 0 Å². The maximum atomic E-state index is 12.9. The minimum absolute atomic E-state index is 0.0129. The molecule has 2 saturated heterocycles. The third kappa shape index (κ3) is 9.48. The molecule has 260 valence electrons. The molecule has 0 radical (unpaired) electrons. The van der Waals surface area contributed by atoms with Gasteiger partial charge in [0.1, 0.15) is 28.7 Å². The lowest BCUT2D eigenvalue weighted by atomic mass is 9.98. The van der Waals surface area contributed by atoms with Crippen LogP contribution in [0.15, 0.2) is 60.7 Å². The largest absolute Gasteiger partial charge is 0.573 e. The maximum Gasteiger partial charge on any atom is 0.573 e. The van der Waals surface area contributed by atoms with E-state index in [1.165, 1.54) is 24.3 Å². The van der Waals surface area contributed by atoms with Crippen LogP contribution in [0.2, 0.25) is 0 Å². The molecule has 3 aromatic carbocycles. The Labute approximate surface area is 279 Å². The Kier molecular flexibility index (Phi) is 12.8. The molecule has 2 heterocycles. The van der Waals surface area contributed by atoms with E-state index >= 15 is 0 Å². The summed E-state index contributed by atoms with van der Waals surface area (Å²) in [5.74, 6) is 2.59. The van der Waals surface area contributed by atoms with Gasteiger partial charge in [-0.25, -0.2) is 0 Å². The molecule has 2 amide bonds. The topological polar surface area (TPSA) is 95.6 Å². The smallest absolute Gasteiger partial charge is 0.496 e. The van der Waals surface area contributed by atoms with Gasteiger partial charge in [0.05, 0.1) is 51.6 Å². The predicted octanol–water partition coefficient (Wildman–Crippen LogP) is 7.68. The van der Waals surface area contributed by atoms with Crippen molar-refractivity contribution in [3.05, 3.63) is 77.4 Å². The Bertz CT molecular complexity index is 1470. The number of amides is 2. The van der Waals surface area contributed by atoms with Crippen molar-refractivity contribution in [2.45, 2.75) is 76.4 Å². The third-order valence-electron chi connectivity index (χ3n) is 8.42. The van der Waals surface area contributed by atoms with Crippen molar-refractivity contribution >= 4 is 11.8 Å². The van der Waals surface area contributed by atoms with E-state index in [0.29, 0.717) is 29.9 Å². The Morgan fingerprint density at radius 2 is 1.23 bits per heavy atom. The van der Waals surface area contributed by atoms with Crippen LogP contribution in [-0.2, 0) is 16.1 Å². The summed E-state index contributed by atoms with van der Waals surface area (Å²) in [7, 11) is 6.41. The molecule has 9 nitrogen and oxygen atoms in total. The molecule has 0 aliphatic carbocycles. The molecule has 0 saturated carbocycles. The zero-order valence-electron chi connectivity index (χ0n) is 27.7. The number of nitrogens with one attached hydrogen (secondary N) is 1. The van der Waals surface area contributed by atoms with E-state index in [2.05, 4.69) is 10.1 Å². The highest BCUT2D eigenvalue weighted by atomic mass is 19.4. The minimum atomic E-state index is -4.74. The number of benzene rings is 3. The van der Waals surface area contributed by atoms with Gasteiger partial charge in [-0.2, -0.15) is 0 Å². The highest BCUT2D eigenvalue weighted by molar-refractivity contribution is 5.78. The average molecular weight is 673 g/mol. The number of nitrogens with zero attached hydrogens (tertiary/aromatic N) is 1. The molecule has 12 heteroatoms. The first-order chi connectivity index (χ1) is 23.1. The highest BCUT2D eigenvalue weighted by Crippen LogP contribution is 2.42. The third-order valence-corrected chi connectivity index (χ3v) is 8.42. The van der Waals surface area contributed by atoms with E-state index < -0.39 is 6.36 Å². The Morgan fingerprint density at radius 1 is 0.708 bits per heavy atom. The van der Waals surface area contributed by atoms with Crippen molar-refractivity contribution in [1.29, 1.82) is 0 Å². The summed E-state index contributed by atoms with van der Waals surface area (Å²) in [6.45, 7) is 0.261. The van der Waals surface area contributed by atoms with Gasteiger partial charge in [0, 0.05) is 19.4 Å². The summed E-state index contributed by atoms with van der Waals surface area (Å²) in [5, 5.41) is 3.05. The van der Waals surface area contributed by atoms with Gasteiger partial charge in [0.25, 0.3) is 0 Å². The van der Waals surface area contributed by atoms with E-state index in [-0.39, 0.29) is 36.2 Å². The number of methoxy groups -OCH3 is 4. The predicted molar refractivity (Wildman–Crippen MR) is 173 cm³/mol. The first kappa shape index (κ1) is 36.2. The quantitative estimate of drug-likeness (QED) is 0.249. The Balaban J connectivity index is 0.000000246. The number of hydrogen-bond donors (Lipinski definition) is 1. The number of alkyl halides is 3. The second kappa shape index (κ2) is 17.0. The summed E-state index contributed by atoms with van der Waals surface area (Å²) >= 11 is 0. The molecule has 2 atom stereocenters. The summed E-state index contributed by atoms with van der Waals surface area (Å²) in [6.07, 6.45) is 1.56. The van der Waals surface area contributed by atoms with E-state index in [9.17, 15) is 22.8 Å². The van der Waals surface area contributed by atoms with Crippen molar-refractivity contribution in [3.63, 3.8) is 0 Å². The van der Waals surface area contributed by atoms with Gasteiger partial charge in [-0.1, -0.05) is 37.1 Å². The van der Waals surface area contributed by atoms with Crippen molar-refractivity contribution in [2.75, 3.05) is 28.4 Å². The van der Waals surface area contributed by atoms with Crippen LogP contribution < -0.4 is 29.0 Å². The molecule has 1 N–H and O–H groups in total. The fourth-order valence-electron chi connectivity index (χ4n) is 6.20. The molecule has 3 aromatic rings. The zero-order chi connectivity index (χ0) is 34.7. The maximum absolute atomic E-state index is 12.9. The highest BCUT2D eigenvalue weighted by Gasteiger charge is 2.33. The number of carbonyl (C=O) groups is 2. The van der Waals surface area contributed by atoms with E-state index in [1.54, 1.807) is 33.3 Å². The second-order valence-corrected chi connectivity index (χ2v) is 11.5. The molecular weight excluding hydrogens is 629 g/mol. The van der Waals surface area contributed by atoms with Crippen molar-refractivity contribution in [3.8, 4) is 28.7 Å². The number of carbonyl (C=O) groups excluding carboxylic acids is 2. The Morgan fingerprint density at radius 3 is 1.77 bits per heavy atom. The fourth-order valence-corrected chi connectivity index (χ4v) is 6.20. The molecule has 5 rings (SSSR count). The Hall–Kier alpha value is -4.61. The summed E-state index contributed by atoms with van der Waals surface area (Å²) in [5.41, 5.74) is 2.45. The van der Waals surface area contributed by atoms with Gasteiger partial charge < -0.3 is 33.9 Å². The van der Waals surface area contributed by atoms with Gasteiger partial charge >= 0.3 is 6.36 Å². The molecule has 2 aliphatic heterocycles. The lowest BCUT2D eigenvalue weighted by Crippen LogP contribution is -2.33. The van der Waals surface area contributed by atoms with E-state index in [4.69, 9.17) is 18.9 Å². The minimum Gasteiger partial charge on any atom is -0.496 e. The van der Waals surface area contributed by atoms with Crippen LogP contribution in [0.3, 0.4) is 0 Å². The second-order valence-electron chi connectivity index (χ2n) is 11.5. The van der Waals surface area contributed by atoms with Crippen LogP contribution in [0.4, 0.5) is 13.2 Å². The normalized spacial score (nSPS) is 18.4.